The minimum atomic E-state index is -0.982. The van der Waals surface area contributed by atoms with Gasteiger partial charge in [-0.25, -0.2) is 14.6 Å². The van der Waals surface area contributed by atoms with Crippen molar-refractivity contribution in [3.63, 3.8) is 0 Å². The summed E-state index contributed by atoms with van der Waals surface area (Å²) in [5.41, 5.74) is 9.25. The van der Waals surface area contributed by atoms with Gasteiger partial charge in [-0.2, -0.15) is 5.10 Å². The number of para-hydroxylation sites is 1. The van der Waals surface area contributed by atoms with Crippen LogP contribution in [-0.4, -0.2) is 133 Å². The molecule has 6 heterocycles. The van der Waals surface area contributed by atoms with Gasteiger partial charge in [0.05, 0.1) is 22.6 Å². The number of hydrogen-bond acceptors (Lipinski definition) is 13. The summed E-state index contributed by atoms with van der Waals surface area (Å²) in [5.74, 6) is 0.570. The van der Waals surface area contributed by atoms with E-state index in [4.69, 9.17) is 15.6 Å². The molecule has 3 fully saturated rings. The lowest BCUT2D eigenvalue weighted by atomic mass is 10.0. The van der Waals surface area contributed by atoms with Crippen LogP contribution in [0.2, 0.25) is 0 Å². The third-order valence-electron chi connectivity index (χ3n) is 12.1. The second-order valence-electron chi connectivity index (χ2n) is 16.1. The number of carbonyl (C=O) groups is 5. The van der Waals surface area contributed by atoms with Crippen molar-refractivity contribution in [1.29, 1.82) is 0 Å². The van der Waals surface area contributed by atoms with Gasteiger partial charge in [0, 0.05) is 68.8 Å². The number of imide groups is 2. The average molecular weight is 869 g/mol. The number of nitrogens with one attached hydrogen (secondary N) is 1. The Morgan fingerprint density at radius 1 is 0.873 bits per heavy atom. The number of likely N-dealkylation sites (tertiary alicyclic amines) is 1. The van der Waals surface area contributed by atoms with Crippen LogP contribution < -0.4 is 15.8 Å². The van der Waals surface area contributed by atoms with Crippen LogP contribution in [0.15, 0.2) is 96.2 Å². The summed E-state index contributed by atoms with van der Waals surface area (Å²) in [5, 5.41) is 7.97. The van der Waals surface area contributed by atoms with E-state index in [2.05, 4.69) is 25.1 Å². The fourth-order valence-electron chi connectivity index (χ4n) is 8.79. The third kappa shape index (κ3) is 8.94. The number of amides is 5. The van der Waals surface area contributed by atoms with Crippen molar-refractivity contribution in [2.75, 3.05) is 63.8 Å². The van der Waals surface area contributed by atoms with E-state index in [0.717, 1.165) is 78.8 Å². The molecule has 2 unspecified atom stereocenters. The van der Waals surface area contributed by atoms with Crippen molar-refractivity contribution in [3.05, 3.63) is 102 Å². The molecule has 0 saturated carbocycles. The third-order valence-corrected chi connectivity index (χ3v) is 13.2. The van der Waals surface area contributed by atoms with E-state index in [1.165, 1.54) is 6.33 Å². The SMILES string of the molecule is Nc1ncnc2c1c(-c1ccc(Oc3ccccc3)cc1)nn2C1CCCN(C(=O)/C=C/CN2CCN(CCCSc3cccc4c3C(=O)N(C3CCC(=O)NC3=O)C4=O)CC2)C1. The number of nitrogens with zero attached hydrogens (tertiary/aromatic N) is 8. The number of aromatic nitrogens is 4. The Bertz CT molecular complexity index is 2580. The molecule has 3 N–H and O–H groups in total. The Hall–Kier alpha value is -6.43. The number of anilines is 1. The average Bonchev–Trinajstić information content (AvgIpc) is 3.82. The van der Waals surface area contributed by atoms with Crippen LogP contribution in [0.4, 0.5) is 5.82 Å². The van der Waals surface area contributed by atoms with Gasteiger partial charge in [-0.15, -0.1) is 11.8 Å². The van der Waals surface area contributed by atoms with Crippen LogP contribution in [-0.2, 0) is 14.4 Å². The van der Waals surface area contributed by atoms with E-state index >= 15 is 0 Å². The highest BCUT2D eigenvalue weighted by Gasteiger charge is 2.45. The lowest BCUT2D eigenvalue weighted by Gasteiger charge is -2.34. The maximum Gasteiger partial charge on any atom is 0.263 e. The number of rotatable bonds is 13. The molecule has 2 atom stereocenters. The molecule has 0 radical (unpaired) electrons. The first-order valence-electron chi connectivity index (χ1n) is 21.4. The summed E-state index contributed by atoms with van der Waals surface area (Å²) in [6, 6.07) is 21.5. The maximum atomic E-state index is 13.5. The zero-order chi connectivity index (χ0) is 43.5. The van der Waals surface area contributed by atoms with Crippen LogP contribution in [0, 0.1) is 0 Å². The van der Waals surface area contributed by atoms with E-state index in [-0.39, 0.29) is 24.8 Å². The van der Waals surface area contributed by atoms with Gasteiger partial charge < -0.3 is 20.3 Å². The molecule has 3 aromatic carbocycles. The maximum absolute atomic E-state index is 13.5. The zero-order valence-electron chi connectivity index (χ0n) is 34.7. The van der Waals surface area contributed by atoms with Crippen molar-refractivity contribution < 1.29 is 28.7 Å². The van der Waals surface area contributed by atoms with Crippen LogP contribution in [0.5, 0.6) is 11.5 Å². The summed E-state index contributed by atoms with van der Waals surface area (Å²) in [4.78, 5) is 81.5. The minimum Gasteiger partial charge on any atom is -0.457 e. The molecule has 16 nitrogen and oxygen atoms in total. The van der Waals surface area contributed by atoms with Gasteiger partial charge in [0.15, 0.2) is 5.65 Å². The Balaban J connectivity index is 0.738. The monoisotopic (exact) mass is 868 g/mol. The molecule has 3 saturated heterocycles. The fraction of sp³-hybridized carbons (Fsp3) is 0.348. The molecule has 2 aromatic heterocycles. The summed E-state index contributed by atoms with van der Waals surface area (Å²) >= 11 is 1.54. The molecule has 0 aliphatic carbocycles. The summed E-state index contributed by atoms with van der Waals surface area (Å²) < 4.78 is 7.90. The number of ether oxygens (including phenoxy) is 1. The highest BCUT2D eigenvalue weighted by Crippen LogP contribution is 2.36. The lowest BCUT2D eigenvalue weighted by Crippen LogP contribution is -2.54. The predicted octanol–water partition coefficient (Wildman–Crippen LogP) is 4.79. The second kappa shape index (κ2) is 18.5. The van der Waals surface area contributed by atoms with Crippen molar-refractivity contribution in [2.24, 2.45) is 0 Å². The highest BCUT2D eigenvalue weighted by molar-refractivity contribution is 7.99. The molecule has 0 bridgehead atoms. The van der Waals surface area contributed by atoms with Gasteiger partial charge in [-0.05, 0) is 86.5 Å². The summed E-state index contributed by atoms with van der Waals surface area (Å²) in [6.45, 7) is 6.36. The minimum absolute atomic E-state index is 0.0190. The fourth-order valence-corrected chi connectivity index (χ4v) is 9.80. The van der Waals surface area contributed by atoms with Crippen molar-refractivity contribution in [1.82, 2.24) is 44.7 Å². The van der Waals surface area contributed by atoms with Crippen LogP contribution in [0.25, 0.3) is 22.3 Å². The molecule has 5 amide bonds. The van der Waals surface area contributed by atoms with Gasteiger partial charge in [0.1, 0.15) is 35.4 Å². The first kappa shape index (κ1) is 41.9. The van der Waals surface area contributed by atoms with Crippen molar-refractivity contribution in [2.45, 2.75) is 49.1 Å². The largest absolute Gasteiger partial charge is 0.457 e. The number of nitrogen functional groups attached to an aromatic ring is 1. The lowest BCUT2D eigenvalue weighted by molar-refractivity contribution is -0.136. The predicted molar refractivity (Wildman–Crippen MR) is 237 cm³/mol. The first-order chi connectivity index (χ1) is 30.7. The van der Waals surface area contributed by atoms with Crippen LogP contribution in [0.1, 0.15) is 58.9 Å². The van der Waals surface area contributed by atoms with Gasteiger partial charge in [0.2, 0.25) is 17.7 Å². The highest BCUT2D eigenvalue weighted by atomic mass is 32.2. The molecule has 4 aliphatic heterocycles. The summed E-state index contributed by atoms with van der Waals surface area (Å²) in [6.07, 6.45) is 7.91. The molecular formula is C46H48N10O6S. The summed E-state index contributed by atoms with van der Waals surface area (Å²) in [7, 11) is 0. The number of piperidine rings is 2. The normalized spacial score (nSPS) is 19.9. The zero-order valence-corrected chi connectivity index (χ0v) is 35.5. The Morgan fingerprint density at radius 3 is 2.44 bits per heavy atom. The smallest absolute Gasteiger partial charge is 0.263 e. The molecule has 324 valence electrons. The number of hydrogen-bond donors (Lipinski definition) is 2. The Labute approximate surface area is 368 Å². The van der Waals surface area contributed by atoms with Gasteiger partial charge in [-0.1, -0.05) is 30.3 Å². The number of nitrogens with two attached hydrogens (primary N) is 1. The van der Waals surface area contributed by atoms with Crippen molar-refractivity contribution in [3.8, 4) is 22.8 Å². The molecule has 5 aromatic rings. The second-order valence-corrected chi connectivity index (χ2v) is 17.3. The number of benzene rings is 3. The number of thioether (sulfide) groups is 1. The quantitative estimate of drug-likeness (QED) is 0.0713. The Kier molecular flexibility index (Phi) is 12.3. The van der Waals surface area contributed by atoms with E-state index in [0.29, 0.717) is 59.1 Å². The molecule has 0 spiro atoms. The van der Waals surface area contributed by atoms with Gasteiger partial charge >= 0.3 is 0 Å². The molecule has 63 heavy (non-hydrogen) atoms. The van der Waals surface area contributed by atoms with E-state index < -0.39 is 29.7 Å². The molecule has 17 heteroatoms. The van der Waals surface area contributed by atoms with Gasteiger partial charge in [0.25, 0.3) is 11.8 Å². The standard InChI is InChI=1S/C46H48N10O6S/c47-42-40-41(30-14-16-33(17-15-30)62-32-9-2-1-3-10-32)51-56(43(40)49-29-48-42)31-8-5-22-54(28-31)38(58)13-6-20-52-23-25-53(26-24-52)21-7-27-63-36-12-4-11-34-39(36)46(61)55(45(34)60)35-18-19-37(57)50-44(35)59/h1-4,6,9-17,29,31,35H,5,7-8,18-28H2,(H2,47,48,49)(H,50,57,59)/b13-6+. The van der Waals surface area contributed by atoms with Crippen LogP contribution >= 0.6 is 11.8 Å². The topological polar surface area (TPSA) is 189 Å². The number of carbonyl (C=O) groups excluding carboxylic acids is 5. The van der Waals surface area contributed by atoms with E-state index in [1.807, 2.05) is 76.3 Å². The van der Waals surface area contributed by atoms with Crippen molar-refractivity contribution >= 4 is 58.1 Å². The van der Waals surface area contributed by atoms with Gasteiger partial charge in [-0.3, -0.25) is 39.1 Å². The Morgan fingerprint density at radius 2 is 1.65 bits per heavy atom. The van der Waals surface area contributed by atoms with E-state index in [9.17, 15) is 24.0 Å². The number of piperazine rings is 1. The first-order valence-corrected chi connectivity index (χ1v) is 22.4. The van der Waals surface area contributed by atoms with Crippen LogP contribution in [0.3, 0.4) is 0 Å². The van der Waals surface area contributed by atoms with E-state index in [1.54, 1.807) is 30.0 Å². The molecule has 9 rings (SSSR count). The molecular weight excluding hydrogens is 821 g/mol. The number of fused-ring (bicyclic) bond motifs is 2. The molecule has 4 aliphatic rings.